The first-order valence-corrected chi connectivity index (χ1v) is 8.84. The third-order valence-electron chi connectivity index (χ3n) is 4.47. The van der Waals surface area contributed by atoms with E-state index in [2.05, 4.69) is 10.6 Å². The molecular formula is C18H23ClN2O2. The predicted molar refractivity (Wildman–Crippen MR) is 90.0 cm³/mol. The molecule has 4 nitrogen and oxygen atoms in total. The molecule has 0 heterocycles. The number of hydrogen-bond acceptors (Lipinski definition) is 2. The number of nitrogens with one attached hydrogen (secondary N) is 2. The quantitative estimate of drug-likeness (QED) is 0.717. The van der Waals surface area contributed by atoms with Crippen LogP contribution in [0.3, 0.4) is 0 Å². The number of amides is 2. The fourth-order valence-electron chi connectivity index (χ4n) is 2.77. The molecule has 0 radical (unpaired) electrons. The largest absolute Gasteiger partial charge is 0.356 e. The molecule has 1 atom stereocenters. The van der Waals surface area contributed by atoms with E-state index in [4.69, 9.17) is 11.6 Å². The third kappa shape index (κ3) is 4.96. The van der Waals surface area contributed by atoms with Gasteiger partial charge in [0.1, 0.15) is 0 Å². The number of halogens is 1. The van der Waals surface area contributed by atoms with Crippen LogP contribution in [0, 0.1) is 11.8 Å². The molecule has 124 valence electrons. The van der Waals surface area contributed by atoms with E-state index in [1.807, 2.05) is 24.3 Å². The number of carbonyl (C=O) groups is 2. The highest BCUT2D eigenvalue weighted by Crippen LogP contribution is 2.41. The van der Waals surface area contributed by atoms with Gasteiger partial charge in [0.25, 0.3) is 0 Å². The molecule has 0 saturated heterocycles. The molecule has 2 fully saturated rings. The lowest BCUT2D eigenvalue weighted by Crippen LogP contribution is -2.31. The lowest BCUT2D eigenvalue weighted by atomic mass is 10.0. The number of benzene rings is 1. The minimum atomic E-state index is 0.0533. The molecule has 1 aromatic rings. The standard InChI is InChI=1S/C18H23ClN2O2/c19-15-9-7-13(8-10-15)17(12-3-4-12)21-16(22)2-1-11-20-18(23)14-5-6-14/h7-10,12,14,17H,1-6,11H2,(H,20,23)(H,21,22)/t17-/m1/s1. The maximum Gasteiger partial charge on any atom is 0.223 e. The molecule has 0 aromatic heterocycles. The lowest BCUT2D eigenvalue weighted by Gasteiger charge is -2.19. The molecule has 2 aliphatic rings. The van der Waals surface area contributed by atoms with Crippen molar-refractivity contribution in [1.29, 1.82) is 0 Å². The van der Waals surface area contributed by atoms with Gasteiger partial charge < -0.3 is 10.6 Å². The van der Waals surface area contributed by atoms with Gasteiger partial charge >= 0.3 is 0 Å². The van der Waals surface area contributed by atoms with Crippen molar-refractivity contribution in [3.05, 3.63) is 34.9 Å². The average molecular weight is 335 g/mol. The molecular weight excluding hydrogens is 312 g/mol. The van der Waals surface area contributed by atoms with Crippen LogP contribution in [0.5, 0.6) is 0 Å². The summed E-state index contributed by atoms with van der Waals surface area (Å²) in [5.41, 5.74) is 1.12. The summed E-state index contributed by atoms with van der Waals surface area (Å²) < 4.78 is 0. The number of carbonyl (C=O) groups excluding carboxylic acids is 2. The highest BCUT2D eigenvalue weighted by Gasteiger charge is 2.33. The maximum atomic E-state index is 12.2. The van der Waals surface area contributed by atoms with E-state index >= 15 is 0 Å². The van der Waals surface area contributed by atoms with Crippen LogP contribution < -0.4 is 10.6 Å². The van der Waals surface area contributed by atoms with Crippen molar-refractivity contribution in [2.75, 3.05) is 6.54 Å². The normalized spacial score (nSPS) is 18.3. The van der Waals surface area contributed by atoms with Crippen molar-refractivity contribution in [3.8, 4) is 0 Å². The van der Waals surface area contributed by atoms with Crippen molar-refractivity contribution in [2.45, 2.75) is 44.6 Å². The van der Waals surface area contributed by atoms with Gasteiger partial charge in [0.15, 0.2) is 0 Å². The fourth-order valence-corrected chi connectivity index (χ4v) is 2.90. The number of rotatable bonds is 8. The molecule has 3 rings (SSSR count). The smallest absolute Gasteiger partial charge is 0.223 e. The maximum absolute atomic E-state index is 12.2. The van der Waals surface area contributed by atoms with E-state index in [0.717, 1.165) is 31.2 Å². The van der Waals surface area contributed by atoms with Gasteiger partial charge in [-0.25, -0.2) is 0 Å². The minimum absolute atomic E-state index is 0.0533. The van der Waals surface area contributed by atoms with Gasteiger partial charge in [-0.05, 0) is 55.7 Å². The van der Waals surface area contributed by atoms with Crippen LogP contribution in [-0.2, 0) is 9.59 Å². The van der Waals surface area contributed by atoms with E-state index in [1.54, 1.807) is 0 Å². The Kier molecular flexibility index (Phi) is 5.21. The summed E-state index contributed by atoms with van der Waals surface area (Å²) in [5, 5.41) is 6.75. The van der Waals surface area contributed by atoms with Crippen LogP contribution in [0.1, 0.15) is 50.1 Å². The second-order valence-electron chi connectivity index (χ2n) is 6.60. The van der Waals surface area contributed by atoms with Crippen LogP contribution in [0.2, 0.25) is 5.02 Å². The minimum Gasteiger partial charge on any atom is -0.356 e. The number of hydrogen-bond donors (Lipinski definition) is 2. The fraction of sp³-hybridized carbons (Fsp3) is 0.556. The highest BCUT2D eigenvalue weighted by atomic mass is 35.5. The van der Waals surface area contributed by atoms with Gasteiger partial charge in [0.2, 0.25) is 11.8 Å². The summed E-state index contributed by atoms with van der Waals surface area (Å²) >= 11 is 5.93. The van der Waals surface area contributed by atoms with Gasteiger partial charge in [0, 0.05) is 23.9 Å². The van der Waals surface area contributed by atoms with Crippen LogP contribution in [0.15, 0.2) is 24.3 Å². The molecule has 2 N–H and O–H groups in total. The first kappa shape index (κ1) is 16.3. The summed E-state index contributed by atoms with van der Waals surface area (Å²) in [7, 11) is 0. The molecule has 0 bridgehead atoms. The average Bonchev–Trinajstić information content (AvgIpc) is 3.41. The SMILES string of the molecule is O=C(CCCNC(=O)C1CC1)N[C@@H](c1ccc(Cl)cc1)C1CC1. The Morgan fingerprint density at radius 1 is 1.13 bits per heavy atom. The van der Waals surface area contributed by atoms with E-state index in [0.29, 0.717) is 30.3 Å². The summed E-state index contributed by atoms with van der Waals surface area (Å²) in [6.07, 6.45) is 5.47. The first-order valence-electron chi connectivity index (χ1n) is 8.46. The van der Waals surface area contributed by atoms with Crippen LogP contribution in [0.25, 0.3) is 0 Å². The van der Waals surface area contributed by atoms with Gasteiger partial charge in [0.05, 0.1) is 6.04 Å². The van der Waals surface area contributed by atoms with E-state index in [-0.39, 0.29) is 23.8 Å². The van der Waals surface area contributed by atoms with Crippen LogP contribution in [0.4, 0.5) is 0 Å². The van der Waals surface area contributed by atoms with Crippen molar-refractivity contribution < 1.29 is 9.59 Å². The topological polar surface area (TPSA) is 58.2 Å². The van der Waals surface area contributed by atoms with Gasteiger partial charge in [-0.1, -0.05) is 23.7 Å². The molecule has 0 spiro atoms. The van der Waals surface area contributed by atoms with Gasteiger partial charge in [-0.3, -0.25) is 9.59 Å². The zero-order valence-corrected chi connectivity index (χ0v) is 13.9. The Morgan fingerprint density at radius 3 is 2.43 bits per heavy atom. The molecule has 5 heteroatoms. The Labute approximate surface area is 142 Å². The van der Waals surface area contributed by atoms with Gasteiger partial charge in [-0.15, -0.1) is 0 Å². The molecule has 2 amide bonds. The molecule has 1 aromatic carbocycles. The Bertz CT molecular complexity index is 565. The summed E-state index contributed by atoms with van der Waals surface area (Å²) in [4.78, 5) is 23.7. The summed E-state index contributed by atoms with van der Waals surface area (Å²) in [6, 6.07) is 7.79. The Balaban J connectivity index is 1.43. The highest BCUT2D eigenvalue weighted by molar-refractivity contribution is 6.30. The Hall–Kier alpha value is -1.55. The monoisotopic (exact) mass is 334 g/mol. The summed E-state index contributed by atoms with van der Waals surface area (Å²) in [6.45, 7) is 0.581. The molecule has 0 unspecified atom stereocenters. The van der Waals surface area contributed by atoms with Crippen molar-refractivity contribution >= 4 is 23.4 Å². The van der Waals surface area contributed by atoms with E-state index < -0.39 is 0 Å². The molecule has 2 saturated carbocycles. The lowest BCUT2D eigenvalue weighted by molar-refractivity contribution is -0.124. The van der Waals surface area contributed by atoms with E-state index in [1.165, 1.54) is 0 Å². The van der Waals surface area contributed by atoms with Crippen molar-refractivity contribution in [1.82, 2.24) is 10.6 Å². The zero-order chi connectivity index (χ0) is 16.2. The Morgan fingerprint density at radius 2 is 1.83 bits per heavy atom. The molecule has 23 heavy (non-hydrogen) atoms. The molecule has 0 aliphatic heterocycles. The molecule has 2 aliphatic carbocycles. The second kappa shape index (κ2) is 7.35. The second-order valence-corrected chi connectivity index (χ2v) is 7.04. The zero-order valence-electron chi connectivity index (χ0n) is 13.2. The summed E-state index contributed by atoms with van der Waals surface area (Å²) in [5.74, 6) is 0.961. The third-order valence-corrected chi connectivity index (χ3v) is 4.72. The first-order chi connectivity index (χ1) is 11.1. The van der Waals surface area contributed by atoms with Gasteiger partial charge in [-0.2, -0.15) is 0 Å². The van der Waals surface area contributed by atoms with Crippen LogP contribution >= 0.6 is 11.6 Å². The van der Waals surface area contributed by atoms with Crippen LogP contribution in [-0.4, -0.2) is 18.4 Å². The van der Waals surface area contributed by atoms with E-state index in [9.17, 15) is 9.59 Å². The van der Waals surface area contributed by atoms with Crippen molar-refractivity contribution in [3.63, 3.8) is 0 Å². The van der Waals surface area contributed by atoms with Crippen molar-refractivity contribution in [2.24, 2.45) is 11.8 Å². The predicted octanol–water partition coefficient (Wildman–Crippen LogP) is 3.21.